The zero-order valence-electron chi connectivity index (χ0n) is 13.0. The van der Waals surface area contributed by atoms with E-state index >= 15 is 0 Å². The zero-order valence-corrected chi connectivity index (χ0v) is 14.6. The van der Waals surface area contributed by atoms with Crippen LogP contribution in [0.15, 0.2) is 44.5 Å². The van der Waals surface area contributed by atoms with Crippen molar-refractivity contribution in [3.8, 4) is 0 Å². The summed E-state index contributed by atoms with van der Waals surface area (Å²) in [6, 6.07) is 7.29. The van der Waals surface area contributed by atoms with Crippen molar-refractivity contribution in [3.05, 3.63) is 58.2 Å². The molecule has 0 N–H and O–H groups in total. The summed E-state index contributed by atoms with van der Waals surface area (Å²) in [5, 5.41) is 9.66. The quantitative estimate of drug-likeness (QED) is 0.468. The summed E-state index contributed by atoms with van der Waals surface area (Å²) >= 11 is 3.26. The summed E-state index contributed by atoms with van der Waals surface area (Å²) in [5.74, 6) is 1.23. The maximum atomic E-state index is 12.0. The molecule has 6 nitrogen and oxygen atoms in total. The molecule has 1 aromatic carbocycles. The van der Waals surface area contributed by atoms with E-state index < -0.39 is 5.97 Å². The Bertz CT molecular complexity index is 785. The van der Waals surface area contributed by atoms with Crippen LogP contribution < -0.4 is 0 Å². The Kier molecular flexibility index (Phi) is 5.60. The fourth-order valence-electron chi connectivity index (χ4n) is 1.85. The number of nitrogens with zero attached hydrogens (tertiary/aromatic N) is 3. The van der Waals surface area contributed by atoms with Crippen LogP contribution in [-0.2, 0) is 23.5 Å². The number of thiazole rings is 1. The maximum absolute atomic E-state index is 12.0. The monoisotopic (exact) mass is 361 g/mol. The van der Waals surface area contributed by atoms with E-state index in [1.807, 2.05) is 29.9 Å². The first-order chi connectivity index (χ1) is 11.7. The van der Waals surface area contributed by atoms with Crippen LogP contribution in [0.25, 0.3) is 0 Å². The molecule has 8 heteroatoms. The zero-order chi connectivity index (χ0) is 16.8. The molecule has 0 atom stereocenters. The predicted molar refractivity (Wildman–Crippen MR) is 90.9 cm³/mol. The molecule has 0 radical (unpaired) electrons. The van der Waals surface area contributed by atoms with Crippen LogP contribution in [0.2, 0.25) is 0 Å². The molecule has 2 heterocycles. The van der Waals surface area contributed by atoms with Crippen molar-refractivity contribution < 1.29 is 13.9 Å². The van der Waals surface area contributed by atoms with E-state index in [0.29, 0.717) is 23.8 Å². The highest BCUT2D eigenvalue weighted by Gasteiger charge is 2.11. The van der Waals surface area contributed by atoms with Crippen molar-refractivity contribution in [1.82, 2.24) is 15.2 Å². The topological polar surface area (TPSA) is 78.1 Å². The number of thioether (sulfide) groups is 1. The molecule has 0 fully saturated rings. The van der Waals surface area contributed by atoms with Gasteiger partial charge in [0.15, 0.2) is 6.61 Å². The minimum atomic E-state index is -0.415. The van der Waals surface area contributed by atoms with Gasteiger partial charge in [0.25, 0.3) is 5.89 Å². The Morgan fingerprint density at radius 1 is 1.25 bits per heavy atom. The number of ether oxygens (including phenoxy) is 1. The Morgan fingerprint density at radius 3 is 2.71 bits per heavy atom. The van der Waals surface area contributed by atoms with Crippen molar-refractivity contribution in [1.29, 1.82) is 0 Å². The highest BCUT2D eigenvalue weighted by molar-refractivity contribution is 7.98. The lowest BCUT2D eigenvalue weighted by Crippen LogP contribution is -2.05. The molecule has 24 heavy (non-hydrogen) atoms. The van der Waals surface area contributed by atoms with Crippen LogP contribution in [0.1, 0.15) is 34.8 Å². The average Bonchev–Trinajstić information content (AvgIpc) is 3.29. The van der Waals surface area contributed by atoms with E-state index in [4.69, 9.17) is 9.15 Å². The standard InChI is InChI=1S/C16H15N3O3S2/c1-2-14-18-19-15(22-14)7-21-16(20)11-3-5-13(6-4-11)24-9-12-8-23-10-17-12/h3-6,8,10H,2,7,9H2,1H3. The number of benzene rings is 1. The van der Waals surface area contributed by atoms with Crippen LogP contribution in [-0.4, -0.2) is 21.2 Å². The molecule has 0 saturated heterocycles. The highest BCUT2D eigenvalue weighted by atomic mass is 32.2. The van der Waals surface area contributed by atoms with Crippen molar-refractivity contribution in [2.45, 2.75) is 30.6 Å². The van der Waals surface area contributed by atoms with Gasteiger partial charge in [-0.1, -0.05) is 6.92 Å². The summed E-state index contributed by atoms with van der Waals surface area (Å²) < 4.78 is 10.5. The Labute approximate surface area is 147 Å². The molecular formula is C16H15N3O3S2. The molecule has 0 spiro atoms. The van der Waals surface area contributed by atoms with E-state index in [0.717, 1.165) is 16.3 Å². The normalized spacial score (nSPS) is 10.7. The van der Waals surface area contributed by atoms with E-state index in [-0.39, 0.29) is 6.61 Å². The second kappa shape index (κ2) is 8.07. The molecule has 0 aliphatic heterocycles. The molecule has 0 aliphatic rings. The van der Waals surface area contributed by atoms with Crippen molar-refractivity contribution in [2.24, 2.45) is 0 Å². The molecule has 0 saturated carbocycles. The van der Waals surface area contributed by atoms with E-state index in [9.17, 15) is 4.79 Å². The lowest BCUT2D eigenvalue weighted by atomic mass is 10.2. The predicted octanol–water partition coefficient (Wildman–Crippen LogP) is 3.74. The molecule has 0 aliphatic carbocycles. The number of carbonyl (C=O) groups is 1. The number of esters is 1. The van der Waals surface area contributed by atoms with Gasteiger partial charge in [-0.2, -0.15) is 0 Å². The third kappa shape index (κ3) is 4.42. The summed E-state index contributed by atoms with van der Waals surface area (Å²) in [6.45, 7) is 1.89. The Hall–Kier alpha value is -2.19. The molecule has 3 rings (SSSR count). The first kappa shape index (κ1) is 16.7. The highest BCUT2D eigenvalue weighted by Crippen LogP contribution is 2.23. The summed E-state index contributed by atoms with van der Waals surface area (Å²) in [4.78, 5) is 17.3. The SMILES string of the molecule is CCc1nnc(COC(=O)c2ccc(SCc3cscn3)cc2)o1. The third-order valence-corrected chi connectivity index (χ3v) is 4.78. The number of aryl methyl sites for hydroxylation is 1. The van der Waals surface area contributed by atoms with Crippen molar-refractivity contribution in [2.75, 3.05) is 0 Å². The fourth-order valence-corrected chi connectivity index (χ4v) is 3.32. The van der Waals surface area contributed by atoms with Gasteiger partial charge in [0, 0.05) is 22.4 Å². The number of rotatable bonds is 7. The van der Waals surface area contributed by atoms with Gasteiger partial charge in [0.1, 0.15) is 0 Å². The van der Waals surface area contributed by atoms with Crippen LogP contribution in [0.5, 0.6) is 0 Å². The first-order valence-electron chi connectivity index (χ1n) is 7.33. The van der Waals surface area contributed by atoms with Gasteiger partial charge < -0.3 is 9.15 Å². The van der Waals surface area contributed by atoms with Crippen LogP contribution in [0, 0.1) is 0 Å². The fraction of sp³-hybridized carbons (Fsp3) is 0.250. The van der Waals surface area contributed by atoms with Crippen LogP contribution in [0.3, 0.4) is 0 Å². The van der Waals surface area contributed by atoms with Gasteiger partial charge in [-0.25, -0.2) is 9.78 Å². The second-order valence-electron chi connectivity index (χ2n) is 4.81. The minimum absolute atomic E-state index is 0.0217. The Morgan fingerprint density at radius 2 is 2.04 bits per heavy atom. The number of hydrogen-bond donors (Lipinski definition) is 0. The molecular weight excluding hydrogens is 346 g/mol. The van der Waals surface area contributed by atoms with E-state index in [1.54, 1.807) is 35.2 Å². The van der Waals surface area contributed by atoms with Gasteiger partial charge in [0.2, 0.25) is 5.89 Å². The molecule has 2 aromatic heterocycles. The molecule has 124 valence electrons. The average molecular weight is 361 g/mol. The summed E-state index contributed by atoms with van der Waals surface area (Å²) in [7, 11) is 0. The smallest absolute Gasteiger partial charge is 0.338 e. The van der Waals surface area contributed by atoms with Gasteiger partial charge in [-0.15, -0.1) is 33.3 Å². The largest absolute Gasteiger partial charge is 0.452 e. The van der Waals surface area contributed by atoms with Crippen LogP contribution in [0.4, 0.5) is 0 Å². The Balaban J connectivity index is 1.51. The van der Waals surface area contributed by atoms with Gasteiger partial charge in [-0.3, -0.25) is 0 Å². The molecule has 0 bridgehead atoms. The lowest BCUT2D eigenvalue weighted by molar-refractivity contribution is 0.0436. The molecule has 0 amide bonds. The van der Waals surface area contributed by atoms with Crippen molar-refractivity contribution >= 4 is 29.1 Å². The molecule has 3 aromatic rings. The van der Waals surface area contributed by atoms with Gasteiger partial charge in [0.05, 0.1) is 16.8 Å². The maximum Gasteiger partial charge on any atom is 0.338 e. The first-order valence-corrected chi connectivity index (χ1v) is 9.25. The van der Waals surface area contributed by atoms with Gasteiger partial charge >= 0.3 is 5.97 Å². The number of hydrogen-bond acceptors (Lipinski definition) is 8. The van der Waals surface area contributed by atoms with Crippen LogP contribution >= 0.6 is 23.1 Å². The summed E-state index contributed by atoms with van der Waals surface area (Å²) in [5.41, 5.74) is 3.37. The summed E-state index contributed by atoms with van der Waals surface area (Å²) in [6.07, 6.45) is 0.654. The third-order valence-electron chi connectivity index (χ3n) is 3.10. The number of aromatic nitrogens is 3. The number of carbonyl (C=O) groups excluding carboxylic acids is 1. The minimum Gasteiger partial charge on any atom is -0.452 e. The van der Waals surface area contributed by atoms with Crippen molar-refractivity contribution in [3.63, 3.8) is 0 Å². The molecule has 0 unspecified atom stereocenters. The lowest BCUT2D eigenvalue weighted by Gasteiger charge is -2.04. The second-order valence-corrected chi connectivity index (χ2v) is 6.58. The van der Waals surface area contributed by atoms with Gasteiger partial charge in [-0.05, 0) is 24.3 Å². The van der Waals surface area contributed by atoms with E-state index in [1.165, 1.54) is 0 Å². The van der Waals surface area contributed by atoms with E-state index in [2.05, 4.69) is 15.2 Å².